The Hall–Kier alpha value is -0.860. The number of nitrogens with one attached hydrogen (secondary N) is 1. The summed E-state index contributed by atoms with van der Waals surface area (Å²) in [6, 6.07) is 10.9. The summed E-state index contributed by atoms with van der Waals surface area (Å²) in [4.78, 5) is 2.70. The molecule has 2 heteroatoms. The highest BCUT2D eigenvalue weighted by atomic mass is 15.2. The van der Waals surface area contributed by atoms with Crippen LogP contribution >= 0.6 is 0 Å². The van der Waals surface area contributed by atoms with Gasteiger partial charge in [0.15, 0.2) is 0 Å². The lowest BCUT2D eigenvalue weighted by Crippen LogP contribution is -2.51. The molecule has 1 aromatic carbocycles. The third-order valence-corrected chi connectivity index (χ3v) is 4.99. The predicted octanol–water partition coefficient (Wildman–Crippen LogP) is 3.08. The van der Waals surface area contributed by atoms with Gasteiger partial charge in [0.1, 0.15) is 0 Å². The fraction of sp³-hybridized carbons (Fsp3) is 0.667. The monoisotopic (exact) mass is 272 g/mol. The van der Waals surface area contributed by atoms with Crippen molar-refractivity contribution in [2.24, 2.45) is 5.92 Å². The van der Waals surface area contributed by atoms with E-state index < -0.39 is 0 Å². The highest BCUT2D eigenvalue weighted by Crippen LogP contribution is 2.40. The van der Waals surface area contributed by atoms with Crippen LogP contribution in [0.25, 0.3) is 0 Å². The maximum Gasteiger partial charge on any atom is 0.0308 e. The van der Waals surface area contributed by atoms with Crippen molar-refractivity contribution in [1.82, 2.24) is 10.2 Å². The minimum absolute atomic E-state index is 0.378. The number of benzene rings is 1. The first-order chi connectivity index (χ1) is 9.76. The molecule has 1 N–H and O–H groups in total. The molecule has 1 aromatic rings. The van der Waals surface area contributed by atoms with E-state index in [-0.39, 0.29) is 0 Å². The van der Waals surface area contributed by atoms with Gasteiger partial charge < -0.3 is 10.2 Å². The molecule has 2 nitrogen and oxygen atoms in total. The number of hydrogen-bond acceptors (Lipinski definition) is 2. The molecule has 0 amide bonds. The van der Waals surface area contributed by atoms with Gasteiger partial charge in [-0.2, -0.15) is 0 Å². The van der Waals surface area contributed by atoms with Gasteiger partial charge in [-0.3, -0.25) is 0 Å². The van der Waals surface area contributed by atoms with Crippen LogP contribution in [0.1, 0.15) is 38.2 Å². The van der Waals surface area contributed by atoms with Gasteiger partial charge >= 0.3 is 0 Å². The van der Waals surface area contributed by atoms with Crippen molar-refractivity contribution in [3.05, 3.63) is 35.9 Å². The van der Waals surface area contributed by atoms with Gasteiger partial charge in [0.05, 0.1) is 0 Å². The molecule has 0 bridgehead atoms. The van der Waals surface area contributed by atoms with E-state index in [9.17, 15) is 0 Å². The highest BCUT2D eigenvalue weighted by Gasteiger charge is 2.42. The second-order valence-corrected chi connectivity index (χ2v) is 6.84. The van der Waals surface area contributed by atoms with Crippen LogP contribution in [0.5, 0.6) is 0 Å². The van der Waals surface area contributed by atoms with Crippen molar-refractivity contribution >= 4 is 0 Å². The Morgan fingerprint density at radius 3 is 2.80 bits per heavy atom. The standard InChI is InChI=1S/C18H28N2/c1-18(17-10-11-17)15-20(14-6-12-19-18)13-5-9-16-7-3-2-4-8-16/h2-4,7-8,17,19H,5-6,9-15H2,1H3. The van der Waals surface area contributed by atoms with Crippen molar-refractivity contribution < 1.29 is 0 Å². The molecular formula is C18H28N2. The van der Waals surface area contributed by atoms with Crippen molar-refractivity contribution in [2.75, 3.05) is 26.2 Å². The van der Waals surface area contributed by atoms with Crippen LogP contribution in [0.4, 0.5) is 0 Å². The van der Waals surface area contributed by atoms with Gasteiger partial charge in [-0.15, -0.1) is 0 Å². The van der Waals surface area contributed by atoms with E-state index in [0.717, 1.165) is 5.92 Å². The largest absolute Gasteiger partial charge is 0.310 e. The topological polar surface area (TPSA) is 15.3 Å². The first-order valence-electron chi connectivity index (χ1n) is 8.28. The quantitative estimate of drug-likeness (QED) is 0.886. The van der Waals surface area contributed by atoms with Crippen LogP contribution in [0.15, 0.2) is 30.3 Å². The van der Waals surface area contributed by atoms with E-state index >= 15 is 0 Å². The van der Waals surface area contributed by atoms with Gasteiger partial charge in [0.25, 0.3) is 0 Å². The molecule has 3 rings (SSSR count). The van der Waals surface area contributed by atoms with Gasteiger partial charge in [0, 0.05) is 12.1 Å². The number of nitrogens with zero attached hydrogens (tertiary/aromatic N) is 1. The van der Waals surface area contributed by atoms with Gasteiger partial charge in [-0.25, -0.2) is 0 Å². The average molecular weight is 272 g/mol. The van der Waals surface area contributed by atoms with E-state index in [1.807, 2.05) is 0 Å². The van der Waals surface area contributed by atoms with Crippen LogP contribution in [0.3, 0.4) is 0 Å². The van der Waals surface area contributed by atoms with Gasteiger partial charge in [-0.1, -0.05) is 30.3 Å². The molecule has 2 aliphatic rings. The zero-order valence-electron chi connectivity index (χ0n) is 12.8. The second-order valence-electron chi connectivity index (χ2n) is 6.84. The smallest absolute Gasteiger partial charge is 0.0308 e. The van der Waals surface area contributed by atoms with Crippen LogP contribution < -0.4 is 5.32 Å². The maximum absolute atomic E-state index is 3.82. The summed E-state index contributed by atoms with van der Waals surface area (Å²) in [5.41, 5.74) is 1.86. The summed E-state index contributed by atoms with van der Waals surface area (Å²) in [5, 5.41) is 3.82. The Morgan fingerprint density at radius 1 is 1.25 bits per heavy atom. The summed E-state index contributed by atoms with van der Waals surface area (Å²) in [6.07, 6.45) is 6.66. The molecule has 2 fully saturated rings. The van der Waals surface area contributed by atoms with E-state index in [1.54, 1.807) is 0 Å². The third kappa shape index (κ3) is 3.62. The molecule has 1 saturated heterocycles. The van der Waals surface area contributed by atoms with Crippen molar-refractivity contribution in [3.63, 3.8) is 0 Å². The van der Waals surface area contributed by atoms with E-state index in [1.165, 1.54) is 63.8 Å². The van der Waals surface area contributed by atoms with E-state index in [4.69, 9.17) is 0 Å². The number of aryl methyl sites for hydroxylation is 1. The van der Waals surface area contributed by atoms with E-state index in [0.29, 0.717) is 5.54 Å². The minimum Gasteiger partial charge on any atom is -0.310 e. The normalized spacial score (nSPS) is 28.2. The molecule has 1 saturated carbocycles. The average Bonchev–Trinajstić information content (AvgIpc) is 3.28. The molecule has 0 aromatic heterocycles. The first kappa shape index (κ1) is 14.1. The molecule has 20 heavy (non-hydrogen) atoms. The summed E-state index contributed by atoms with van der Waals surface area (Å²) in [6.45, 7) is 7.40. The predicted molar refractivity (Wildman–Crippen MR) is 85.0 cm³/mol. The fourth-order valence-corrected chi connectivity index (χ4v) is 3.61. The summed E-state index contributed by atoms with van der Waals surface area (Å²) in [5.74, 6) is 0.928. The van der Waals surface area contributed by atoms with Crippen molar-refractivity contribution in [1.29, 1.82) is 0 Å². The molecule has 1 unspecified atom stereocenters. The maximum atomic E-state index is 3.82. The number of rotatable bonds is 5. The summed E-state index contributed by atoms with van der Waals surface area (Å²) >= 11 is 0. The lowest BCUT2D eigenvalue weighted by Gasteiger charge is -2.34. The molecule has 0 spiro atoms. The molecule has 0 radical (unpaired) electrons. The summed E-state index contributed by atoms with van der Waals surface area (Å²) in [7, 11) is 0. The molecule has 110 valence electrons. The lowest BCUT2D eigenvalue weighted by atomic mass is 9.95. The first-order valence-corrected chi connectivity index (χ1v) is 8.28. The van der Waals surface area contributed by atoms with Crippen molar-refractivity contribution in [2.45, 2.75) is 44.6 Å². The van der Waals surface area contributed by atoms with Crippen LogP contribution in [0.2, 0.25) is 0 Å². The fourth-order valence-electron chi connectivity index (χ4n) is 3.61. The Morgan fingerprint density at radius 2 is 2.05 bits per heavy atom. The molecular weight excluding hydrogens is 244 g/mol. The van der Waals surface area contributed by atoms with Crippen LogP contribution in [-0.4, -0.2) is 36.6 Å². The van der Waals surface area contributed by atoms with Gasteiger partial charge in [0.2, 0.25) is 0 Å². The van der Waals surface area contributed by atoms with Crippen LogP contribution in [0, 0.1) is 5.92 Å². The lowest BCUT2D eigenvalue weighted by molar-refractivity contribution is 0.199. The molecule has 1 heterocycles. The Balaban J connectivity index is 1.49. The van der Waals surface area contributed by atoms with E-state index in [2.05, 4.69) is 47.5 Å². The second kappa shape index (κ2) is 6.28. The van der Waals surface area contributed by atoms with Crippen LogP contribution in [-0.2, 0) is 6.42 Å². The zero-order chi connectivity index (χ0) is 13.8. The van der Waals surface area contributed by atoms with Crippen molar-refractivity contribution in [3.8, 4) is 0 Å². The summed E-state index contributed by atoms with van der Waals surface area (Å²) < 4.78 is 0. The zero-order valence-corrected chi connectivity index (χ0v) is 12.8. The SMILES string of the molecule is CC1(C2CC2)CN(CCCc2ccccc2)CCCN1. The van der Waals surface area contributed by atoms with Gasteiger partial charge in [-0.05, 0) is 70.1 Å². The Labute approximate surface area is 123 Å². The number of hydrogen-bond donors (Lipinski definition) is 1. The molecule has 1 aliphatic carbocycles. The molecule has 1 atom stereocenters. The Bertz CT molecular complexity index is 413. The Kier molecular flexibility index (Phi) is 4.42. The molecule has 1 aliphatic heterocycles. The third-order valence-electron chi connectivity index (χ3n) is 4.99. The minimum atomic E-state index is 0.378. The highest BCUT2D eigenvalue weighted by molar-refractivity contribution is 5.14.